The summed E-state index contributed by atoms with van der Waals surface area (Å²) in [5.74, 6) is 0.535. The van der Waals surface area contributed by atoms with Crippen LogP contribution in [0.1, 0.15) is 5.69 Å². The van der Waals surface area contributed by atoms with Crippen molar-refractivity contribution >= 4 is 31.9 Å². The van der Waals surface area contributed by atoms with Crippen LogP contribution in [0.15, 0.2) is 45.9 Å². The molecule has 112 valence electrons. The fourth-order valence-electron chi connectivity index (χ4n) is 1.61. The normalized spacial score (nSPS) is 11.4. The van der Waals surface area contributed by atoms with E-state index in [0.717, 1.165) is 0 Å². The molecule has 8 heteroatoms. The number of rotatable bonds is 5. The smallest absolute Gasteiger partial charge is 0.242 e. The first-order valence-corrected chi connectivity index (χ1v) is 8.41. The maximum atomic E-state index is 12.3. The Morgan fingerprint density at radius 2 is 1.95 bits per heavy atom. The predicted octanol–water partition coefficient (Wildman–Crippen LogP) is 1.78. The quantitative estimate of drug-likeness (QED) is 0.867. The molecule has 1 heterocycles. The van der Waals surface area contributed by atoms with Crippen LogP contribution in [0.25, 0.3) is 0 Å². The Hall–Kier alpha value is -1.51. The van der Waals surface area contributed by atoms with Crippen molar-refractivity contribution in [1.82, 2.24) is 14.7 Å². The minimum Gasteiger partial charge on any atom is -0.347 e. The molecule has 0 saturated heterocycles. The highest BCUT2D eigenvalue weighted by Gasteiger charge is 2.17. The molecule has 0 fully saturated rings. The molecule has 0 saturated carbocycles. The SMILES string of the molecule is CN(C)c1nccc(CNS(=O)(=O)c2ccccc2Br)n1. The van der Waals surface area contributed by atoms with Crippen molar-refractivity contribution in [3.05, 3.63) is 46.7 Å². The zero-order chi connectivity index (χ0) is 15.5. The van der Waals surface area contributed by atoms with Gasteiger partial charge in [-0.3, -0.25) is 0 Å². The molecular weight excluding hydrogens is 356 g/mol. The second kappa shape index (κ2) is 6.50. The van der Waals surface area contributed by atoms with Gasteiger partial charge in [-0.25, -0.2) is 23.1 Å². The predicted molar refractivity (Wildman–Crippen MR) is 84.5 cm³/mol. The number of hydrogen-bond donors (Lipinski definition) is 1. The number of nitrogens with one attached hydrogen (secondary N) is 1. The Kier molecular flexibility index (Phi) is 4.92. The van der Waals surface area contributed by atoms with Crippen LogP contribution in [-0.2, 0) is 16.6 Å². The number of halogens is 1. The molecule has 0 aliphatic carbocycles. The third-order valence-corrected chi connectivity index (χ3v) is 5.08. The summed E-state index contributed by atoms with van der Waals surface area (Å²) < 4.78 is 27.6. The van der Waals surface area contributed by atoms with Crippen molar-refractivity contribution in [1.29, 1.82) is 0 Å². The molecular formula is C13H15BrN4O2S. The second-order valence-corrected chi connectivity index (χ2v) is 7.09. The van der Waals surface area contributed by atoms with Gasteiger partial charge in [0.15, 0.2) is 0 Å². The van der Waals surface area contributed by atoms with E-state index in [1.54, 1.807) is 35.4 Å². The molecule has 0 atom stereocenters. The third kappa shape index (κ3) is 3.99. The Morgan fingerprint density at radius 3 is 2.62 bits per heavy atom. The van der Waals surface area contributed by atoms with Crippen LogP contribution < -0.4 is 9.62 Å². The van der Waals surface area contributed by atoms with Crippen LogP contribution in [0.2, 0.25) is 0 Å². The van der Waals surface area contributed by atoms with E-state index in [4.69, 9.17) is 0 Å². The highest BCUT2D eigenvalue weighted by Crippen LogP contribution is 2.21. The molecule has 0 bridgehead atoms. The van der Waals surface area contributed by atoms with Gasteiger partial charge in [-0.2, -0.15) is 0 Å². The van der Waals surface area contributed by atoms with Gasteiger partial charge in [-0.05, 0) is 34.1 Å². The maximum Gasteiger partial charge on any atom is 0.242 e. The Labute approximate surface area is 132 Å². The van der Waals surface area contributed by atoms with Gasteiger partial charge >= 0.3 is 0 Å². The van der Waals surface area contributed by atoms with Crippen molar-refractivity contribution in [2.75, 3.05) is 19.0 Å². The molecule has 0 spiro atoms. The van der Waals surface area contributed by atoms with Gasteiger partial charge in [0.2, 0.25) is 16.0 Å². The second-order valence-electron chi connectivity index (χ2n) is 4.50. The largest absolute Gasteiger partial charge is 0.347 e. The molecule has 0 aliphatic heterocycles. The lowest BCUT2D eigenvalue weighted by atomic mass is 10.4. The first kappa shape index (κ1) is 15.9. The molecule has 0 unspecified atom stereocenters. The first-order chi connectivity index (χ1) is 9.90. The molecule has 21 heavy (non-hydrogen) atoms. The van der Waals surface area contributed by atoms with E-state index in [1.807, 2.05) is 14.1 Å². The number of aromatic nitrogens is 2. The average Bonchev–Trinajstić information content (AvgIpc) is 2.46. The fourth-order valence-corrected chi connectivity index (χ4v) is 3.61. The summed E-state index contributed by atoms with van der Waals surface area (Å²) in [6, 6.07) is 8.33. The summed E-state index contributed by atoms with van der Waals surface area (Å²) in [6.07, 6.45) is 1.60. The lowest BCUT2D eigenvalue weighted by Gasteiger charge is -2.11. The molecule has 0 amide bonds. The van der Waals surface area contributed by atoms with E-state index < -0.39 is 10.0 Å². The van der Waals surface area contributed by atoms with Crippen molar-refractivity contribution in [2.24, 2.45) is 0 Å². The third-order valence-electron chi connectivity index (χ3n) is 2.67. The summed E-state index contributed by atoms with van der Waals surface area (Å²) in [5, 5.41) is 0. The number of hydrogen-bond acceptors (Lipinski definition) is 5. The number of anilines is 1. The Bertz CT molecular complexity index is 734. The Balaban J connectivity index is 2.16. The van der Waals surface area contributed by atoms with Crippen LogP contribution in [0, 0.1) is 0 Å². The van der Waals surface area contributed by atoms with Gasteiger partial charge in [0.1, 0.15) is 0 Å². The lowest BCUT2D eigenvalue weighted by molar-refractivity contribution is 0.580. The highest BCUT2D eigenvalue weighted by atomic mass is 79.9. The van der Waals surface area contributed by atoms with E-state index in [-0.39, 0.29) is 11.4 Å². The van der Waals surface area contributed by atoms with Crippen molar-refractivity contribution < 1.29 is 8.42 Å². The monoisotopic (exact) mass is 370 g/mol. The van der Waals surface area contributed by atoms with Crippen LogP contribution in [-0.4, -0.2) is 32.5 Å². The molecule has 2 rings (SSSR count). The van der Waals surface area contributed by atoms with E-state index in [0.29, 0.717) is 16.1 Å². The first-order valence-electron chi connectivity index (χ1n) is 6.13. The van der Waals surface area contributed by atoms with E-state index in [2.05, 4.69) is 30.6 Å². The summed E-state index contributed by atoms with van der Waals surface area (Å²) in [4.78, 5) is 10.3. The molecule has 1 N–H and O–H groups in total. The standard InChI is InChI=1S/C13H15BrN4O2S/c1-18(2)13-15-8-7-10(17-13)9-16-21(19,20)12-6-4-3-5-11(12)14/h3-8,16H,9H2,1-2H3. The van der Waals surface area contributed by atoms with Crippen molar-refractivity contribution in [3.63, 3.8) is 0 Å². The average molecular weight is 371 g/mol. The van der Waals surface area contributed by atoms with Crippen LogP contribution in [0.4, 0.5) is 5.95 Å². The van der Waals surface area contributed by atoms with E-state index in [1.165, 1.54) is 6.07 Å². The summed E-state index contributed by atoms with van der Waals surface area (Å²) >= 11 is 3.24. The number of benzene rings is 1. The zero-order valence-corrected chi connectivity index (χ0v) is 14.0. The van der Waals surface area contributed by atoms with Gasteiger partial charge in [-0.15, -0.1) is 0 Å². The van der Waals surface area contributed by atoms with Crippen LogP contribution >= 0.6 is 15.9 Å². The molecule has 2 aromatic rings. The van der Waals surface area contributed by atoms with Crippen molar-refractivity contribution in [3.8, 4) is 0 Å². The molecule has 6 nitrogen and oxygen atoms in total. The van der Waals surface area contributed by atoms with Crippen LogP contribution in [0.3, 0.4) is 0 Å². The van der Waals surface area contributed by atoms with Crippen molar-refractivity contribution in [2.45, 2.75) is 11.4 Å². The summed E-state index contributed by atoms with van der Waals surface area (Å²) in [5.41, 5.74) is 0.601. The van der Waals surface area contributed by atoms with Gasteiger partial charge in [0.25, 0.3) is 0 Å². The van der Waals surface area contributed by atoms with Gasteiger partial charge in [-0.1, -0.05) is 12.1 Å². The minimum absolute atomic E-state index is 0.104. The minimum atomic E-state index is -3.59. The molecule has 1 aromatic heterocycles. The molecule has 1 aromatic carbocycles. The van der Waals surface area contributed by atoms with Gasteiger partial charge in [0, 0.05) is 24.8 Å². The Morgan fingerprint density at radius 1 is 1.24 bits per heavy atom. The summed E-state index contributed by atoms with van der Waals surface area (Å²) in [7, 11) is 0.0544. The number of nitrogens with zero attached hydrogens (tertiary/aromatic N) is 3. The molecule has 0 aliphatic rings. The highest BCUT2D eigenvalue weighted by molar-refractivity contribution is 9.10. The van der Waals surface area contributed by atoms with Crippen LogP contribution in [0.5, 0.6) is 0 Å². The summed E-state index contributed by atoms with van der Waals surface area (Å²) in [6.45, 7) is 0.104. The van der Waals surface area contributed by atoms with Gasteiger partial charge < -0.3 is 4.90 Å². The number of sulfonamides is 1. The maximum absolute atomic E-state index is 12.3. The molecule has 0 radical (unpaired) electrons. The lowest BCUT2D eigenvalue weighted by Crippen LogP contribution is -2.24. The van der Waals surface area contributed by atoms with E-state index in [9.17, 15) is 8.42 Å². The topological polar surface area (TPSA) is 75.2 Å². The van der Waals surface area contributed by atoms with Gasteiger partial charge in [0.05, 0.1) is 17.1 Å². The van der Waals surface area contributed by atoms with E-state index >= 15 is 0 Å². The zero-order valence-electron chi connectivity index (χ0n) is 11.6. The fraction of sp³-hybridized carbons (Fsp3) is 0.231.